The zero-order valence-electron chi connectivity index (χ0n) is 18.5. The molecule has 2 fully saturated rings. The normalized spacial score (nSPS) is 31.0. The van der Waals surface area contributed by atoms with E-state index in [1.165, 1.54) is 17.4 Å². The molecule has 0 radical (unpaired) electrons. The first kappa shape index (κ1) is 21.6. The molecule has 2 aromatic rings. The maximum Gasteiger partial charge on any atom is 0.226 e. The maximum absolute atomic E-state index is 14.2. The average Bonchev–Trinajstić information content (AvgIpc) is 3.27. The molecule has 3 aliphatic carbocycles. The minimum absolute atomic E-state index is 0.0562. The fraction of sp³-hybridized carbons (Fsp3) is 0.560. The Labute approximate surface area is 191 Å². The van der Waals surface area contributed by atoms with E-state index in [4.69, 9.17) is 0 Å². The van der Waals surface area contributed by atoms with Gasteiger partial charge < -0.3 is 10.4 Å². The van der Waals surface area contributed by atoms with E-state index in [0.717, 1.165) is 41.7 Å². The number of fused-ring (bicyclic) bond motifs is 5. The standard InChI is InChI=1S/C25H29FN2O3S/c1-13-12-27-24(32-13)28-22(31)6-4-15-10-21(30)25(2)8-7-16-17(23(15)25)5-3-14-9-20(29)19(26)11-18(14)16/h9,11-12,15-17,23,29H,3-8,10H2,1-2H3,(H,27,28,31)/t15-,16?,17?,23?,25-/m1/s1. The molecule has 170 valence electrons. The van der Waals surface area contributed by atoms with Gasteiger partial charge in [-0.2, -0.15) is 0 Å². The SMILES string of the molecule is Cc1cnc(NC(=O)CC[C@@H]2CC(=O)[C@@]3(C)CCC4c5cc(F)c(O)cc5CCC4C23)s1. The van der Waals surface area contributed by atoms with Crippen LogP contribution in [0.5, 0.6) is 5.75 Å². The van der Waals surface area contributed by atoms with Gasteiger partial charge in [0.25, 0.3) is 0 Å². The highest BCUT2D eigenvalue weighted by molar-refractivity contribution is 7.15. The molecule has 0 bridgehead atoms. The number of nitrogens with zero attached hydrogens (tertiary/aromatic N) is 1. The Morgan fingerprint density at radius 1 is 1.38 bits per heavy atom. The second-order valence-corrected chi connectivity index (χ2v) is 11.3. The molecule has 1 aromatic carbocycles. The van der Waals surface area contributed by atoms with Gasteiger partial charge in [0, 0.05) is 29.3 Å². The van der Waals surface area contributed by atoms with Crippen LogP contribution in [0.2, 0.25) is 0 Å². The Morgan fingerprint density at radius 2 is 2.19 bits per heavy atom. The van der Waals surface area contributed by atoms with Gasteiger partial charge in [-0.3, -0.25) is 9.59 Å². The number of Topliss-reactive ketones (excluding diaryl/α,β-unsaturated/α-hetero) is 1. The first-order valence-electron chi connectivity index (χ1n) is 11.5. The number of amides is 1. The number of ketones is 1. The summed E-state index contributed by atoms with van der Waals surface area (Å²) in [4.78, 5) is 30.9. The van der Waals surface area contributed by atoms with Crippen LogP contribution in [-0.2, 0) is 16.0 Å². The lowest BCUT2D eigenvalue weighted by Gasteiger charge is -2.50. The zero-order valence-corrected chi connectivity index (χ0v) is 19.3. The lowest BCUT2D eigenvalue weighted by molar-refractivity contribution is -0.129. The number of carbonyl (C=O) groups excluding carboxylic acids is 2. The molecule has 32 heavy (non-hydrogen) atoms. The minimum Gasteiger partial charge on any atom is -0.505 e. The number of anilines is 1. The number of phenols is 1. The molecule has 1 heterocycles. The van der Waals surface area contributed by atoms with Gasteiger partial charge in [0.05, 0.1) is 0 Å². The summed E-state index contributed by atoms with van der Waals surface area (Å²) < 4.78 is 14.2. The summed E-state index contributed by atoms with van der Waals surface area (Å²) in [5.74, 6) is 0.341. The average molecular weight is 457 g/mol. The number of carbonyl (C=O) groups is 2. The van der Waals surface area contributed by atoms with E-state index < -0.39 is 5.82 Å². The van der Waals surface area contributed by atoms with E-state index in [2.05, 4.69) is 17.2 Å². The summed E-state index contributed by atoms with van der Waals surface area (Å²) >= 11 is 1.46. The molecule has 0 aliphatic heterocycles. The van der Waals surface area contributed by atoms with Gasteiger partial charge in [0.2, 0.25) is 5.91 Å². The van der Waals surface area contributed by atoms with Crippen molar-refractivity contribution in [3.8, 4) is 5.75 Å². The predicted octanol–water partition coefficient (Wildman–Crippen LogP) is 5.37. The second kappa shape index (κ2) is 7.94. The van der Waals surface area contributed by atoms with E-state index in [-0.39, 0.29) is 34.8 Å². The molecule has 5 rings (SSSR count). The Balaban J connectivity index is 1.35. The highest BCUT2D eigenvalue weighted by Gasteiger charge is 2.58. The van der Waals surface area contributed by atoms with E-state index in [1.807, 2.05) is 6.92 Å². The maximum atomic E-state index is 14.2. The van der Waals surface area contributed by atoms with Gasteiger partial charge in [-0.25, -0.2) is 9.37 Å². The Bertz CT molecular complexity index is 1080. The number of halogens is 1. The molecule has 1 aromatic heterocycles. The summed E-state index contributed by atoms with van der Waals surface area (Å²) in [5.41, 5.74) is 1.70. The molecule has 2 N–H and O–H groups in total. The van der Waals surface area contributed by atoms with Crippen molar-refractivity contribution in [3.05, 3.63) is 40.2 Å². The Morgan fingerprint density at radius 3 is 2.94 bits per heavy atom. The van der Waals surface area contributed by atoms with Crippen LogP contribution in [0.3, 0.4) is 0 Å². The Kier molecular flexibility index (Phi) is 5.35. The fourth-order valence-electron chi connectivity index (χ4n) is 6.82. The van der Waals surface area contributed by atoms with Gasteiger partial charge in [-0.05, 0) is 86.0 Å². The van der Waals surface area contributed by atoms with Gasteiger partial charge in [-0.1, -0.05) is 6.92 Å². The monoisotopic (exact) mass is 456 g/mol. The van der Waals surface area contributed by atoms with Crippen LogP contribution in [-0.4, -0.2) is 21.8 Å². The van der Waals surface area contributed by atoms with Crippen LogP contribution < -0.4 is 5.32 Å². The number of aryl methyl sites for hydroxylation is 2. The number of nitrogens with one attached hydrogen (secondary N) is 1. The number of phenolic OH excluding ortho intramolecular Hbond substituents is 1. The summed E-state index contributed by atoms with van der Waals surface area (Å²) in [6.07, 6.45) is 6.75. The smallest absolute Gasteiger partial charge is 0.226 e. The molecule has 0 spiro atoms. The number of aromatic hydroxyl groups is 1. The van der Waals surface area contributed by atoms with Crippen molar-refractivity contribution in [2.24, 2.45) is 23.2 Å². The zero-order chi connectivity index (χ0) is 22.6. The van der Waals surface area contributed by atoms with Crippen LogP contribution in [0.1, 0.15) is 67.4 Å². The molecular formula is C25H29FN2O3S. The van der Waals surface area contributed by atoms with Crippen LogP contribution in [0, 0.1) is 35.9 Å². The topological polar surface area (TPSA) is 79.3 Å². The molecule has 7 heteroatoms. The third-order valence-electron chi connectivity index (χ3n) is 8.25. The first-order valence-corrected chi connectivity index (χ1v) is 12.3. The van der Waals surface area contributed by atoms with Crippen molar-refractivity contribution in [1.82, 2.24) is 4.98 Å². The molecule has 2 saturated carbocycles. The predicted molar refractivity (Wildman–Crippen MR) is 121 cm³/mol. The van der Waals surface area contributed by atoms with Crippen molar-refractivity contribution < 1.29 is 19.1 Å². The number of hydrogen-bond acceptors (Lipinski definition) is 5. The number of aromatic nitrogens is 1. The molecule has 5 atom stereocenters. The van der Waals surface area contributed by atoms with Gasteiger partial charge in [0.1, 0.15) is 5.78 Å². The molecule has 1 amide bonds. The number of hydrogen-bond donors (Lipinski definition) is 2. The van der Waals surface area contributed by atoms with E-state index in [0.29, 0.717) is 36.1 Å². The number of benzene rings is 1. The highest BCUT2D eigenvalue weighted by Crippen LogP contribution is 2.62. The molecule has 0 saturated heterocycles. The molecule has 5 nitrogen and oxygen atoms in total. The highest BCUT2D eigenvalue weighted by atomic mass is 32.1. The Hall–Kier alpha value is -2.28. The number of rotatable bonds is 4. The van der Waals surface area contributed by atoms with Crippen molar-refractivity contribution in [3.63, 3.8) is 0 Å². The molecule has 3 unspecified atom stereocenters. The lowest BCUT2D eigenvalue weighted by atomic mass is 9.54. The summed E-state index contributed by atoms with van der Waals surface area (Å²) in [6.45, 7) is 4.06. The first-order chi connectivity index (χ1) is 15.3. The summed E-state index contributed by atoms with van der Waals surface area (Å²) in [5, 5.41) is 13.3. The van der Waals surface area contributed by atoms with Gasteiger partial charge >= 0.3 is 0 Å². The third-order valence-corrected chi connectivity index (χ3v) is 9.07. The molecule has 3 aliphatic rings. The van der Waals surface area contributed by atoms with Gasteiger partial charge in [0.15, 0.2) is 16.7 Å². The van der Waals surface area contributed by atoms with Gasteiger partial charge in [-0.15, -0.1) is 11.3 Å². The molecular weight excluding hydrogens is 427 g/mol. The minimum atomic E-state index is -0.564. The van der Waals surface area contributed by atoms with Crippen LogP contribution >= 0.6 is 11.3 Å². The third kappa shape index (κ3) is 3.54. The van der Waals surface area contributed by atoms with Crippen molar-refractivity contribution in [2.45, 2.75) is 64.7 Å². The van der Waals surface area contributed by atoms with Crippen molar-refractivity contribution in [2.75, 3.05) is 5.32 Å². The van der Waals surface area contributed by atoms with Crippen LogP contribution in [0.25, 0.3) is 0 Å². The van der Waals surface area contributed by atoms with Crippen molar-refractivity contribution >= 4 is 28.2 Å². The van der Waals surface area contributed by atoms with E-state index in [9.17, 15) is 19.1 Å². The van der Waals surface area contributed by atoms with Crippen LogP contribution in [0.4, 0.5) is 9.52 Å². The van der Waals surface area contributed by atoms with E-state index >= 15 is 0 Å². The van der Waals surface area contributed by atoms with E-state index in [1.54, 1.807) is 12.3 Å². The largest absolute Gasteiger partial charge is 0.505 e. The van der Waals surface area contributed by atoms with Crippen molar-refractivity contribution in [1.29, 1.82) is 0 Å². The fourth-order valence-corrected chi connectivity index (χ4v) is 7.50. The number of thiazole rings is 1. The second-order valence-electron chi connectivity index (χ2n) is 10.0. The summed E-state index contributed by atoms with van der Waals surface area (Å²) in [6, 6.07) is 3.09. The summed E-state index contributed by atoms with van der Waals surface area (Å²) in [7, 11) is 0. The quantitative estimate of drug-likeness (QED) is 0.649. The lowest BCUT2D eigenvalue weighted by Crippen LogP contribution is -2.44. The van der Waals surface area contributed by atoms with Crippen LogP contribution in [0.15, 0.2) is 18.3 Å².